The molecule has 0 atom stereocenters. The fourth-order valence-corrected chi connectivity index (χ4v) is 1.62. The van der Waals surface area contributed by atoms with Crippen LogP contribution >= 0.6 is 0 Å². The normalized spacial score (nSPS) is 10.2. The lowest BCUT2D eigenvalue weighted by Crippen LogP contribution is -2.24. The van der Waals surface area contributed by atoms with Crippen molar-refractivity contribution in [2.45, 2.75) is 13.5 Å². The molecule has 0 bridgehead atoms. The molecule has 0 spiro atoms. The monoisotopic (exact) mass is 259 g/mol. The van der Waals surface area contributed by atoms with Crippen LogP contribution in [0.1, 0.15) is 32.0 Å². The first-order valence-electron chi connectivity index (χ1n) is 5.72. The van der Waals surface area contributed by atoms with Crippen molar-refractivity contribution in [2.24, 2.45) is 0 Å². The van der Waals surface area contributed by atoms with E-state index in [4.69, 9.17) is 9.52 Å². The molecule has 0 radical (unpaired) electrons. The summed E-state index contributed by atoms with van der Waals surface area (Å²) in [6.45, 7) is 2.29. The Morgan fingerprint density at radius 1 is 1.21 bits per heavy atom. The van der Waals surface area contributed by atoms with Gasteiger partial charge in [-0.2, -0.15) is 0 Å². The molecule has 1 aromatic carbocycles. The minimum Gasteiger partial charge on any atom is -0.478 e. The number of aromatic carboxylic acids is 1. The van der Waals surface area contributed by atoms with E-state index < -0.39 is 11.9 Å². The molecule has 0 aliphatic heterocycles. The Labute approximate surface area is 109 Å². The highest BCUT2D eigenvalue weighted by Gasteiger charge is 2.19. The van der Waals surface area contributed by atoms with Gasteiger partial charge in [-0.1, -0.05) is 29.8 Å². The number of hydrogen-bond donors (Lipinski definition) is 2. The summed E-state index contributed by atoms with van der Waals surface area (Å²) in [4.78, 5) is 22.7. The molecule has 2 aromatic rings. The molecular formula is C14H13NO4. The topological polar surface area (TPSA) is 79.5 Å². The van der Waals surface area contributed by atoms with E-state index in [1.54, 1.807) is 0 Å². The third-order valence-electron chi connectivity index (χ3n) is 2.68. The van der Waals surface area contributed by atoms with Crippen LogP contribution in [0.15, 0.2) is 41.0 Å². The first kappa shape index (κ1) is 12.9. The summed E-state index contributed by atoms with van der Waals surface area (Å²) in [6.07, 6.45) is 1.18. The van der Waals surface area contributed by atoms with Gasteiger partial charge < -0.3 is 14.8 Å². The van der Waals surface area contributed by atoms with Crippen molar-refractivity contribution in [3.8, 4) is 0 Å². The molecule has 0 saturated heterocycles. The van der Waals surface area contributed by atoms with E-state index in [1.165, 1.54) is 12.3 Å². The highest BCUT2D eigenvalue weighted by Crippen LogP contribution is 2.11. The molecular weight excluding hydrogens is 246 g/mol. The van der Waals surface area contributed by atoms with Crippen LogP contribution in [0.4, 0.5) is 0 Å². The second-order valence-corrected chi connectivity index (χ2v) is 4.14. The largest absolute Gasteiger partial charge is 0.478 e. The van der Waals surface area contributed by atoms with Crippen LogP contribution in [0.2, 0.25) is 0 Å². The van der Waals surface area contributed by atoms with Crippen molar-refractivity contribution in [1.82, 2.24) is 5.32 Å². The fraction of sp³-hybridized carbons (Fsp3) is 0.143. The van der Waals surface area contributed by atoms with Crippen LogP contribution < -0.4 is 5.32 Å². The summed E-state index contributed by atoms with van der Waals surface area (Å²) in [5.74, 6) is -1.91. The second-order valence-electron chi connectivity index (χ2n) is 4.14. The third-order valence-corrected chi connectivity index (χ3v) is 2.68. The molecule has 1 aromatic heterocycles. The third kappa shape index (κ3) is 3.01. The van der Waals surface area contributed by atoms with Crippen molar-refractivity contribution < 1.29 is 19.1 Å². The Balaban J connectivity index is 2.03. The van der Waals surface area contributed by atoms with E-state index in [0.717, 1.165) is 11.1 Å². The molecule has 5 nitrogen and oxygen atoms in total. The zero-order valence-electron chi connectivity index (χ0n) is 10.3. The van der Waals surface area contributed by atoms with Gasteiger partial charge in [-0.3, -0.25) is 4.79 Å². The Morgan fingerprint density at radius 2 is 1.89 bits per heavy atom. The molecule has 1 heterocycles. The summed E-state index contributed by atoms with van der Waals surface area (Å²) in [7, 11) is 0. The average molecular weight is 259 g/mol. The number of carboxylic acids is 1. The molecule has 19 heavy (non-hydrogen) atoms. The lowest BCUT2D eigenvalue weighted by molar-refractivity contribution is 0.0688. The van der Waals surface area contributed by atoms with E-state index in [9.17, 15) is 9.59 Å². The maximum absolute atomic E-state index is 11.8. The number of rotatable bonds is 4. The number of benzene rings is 1. The number of carbonyl (C=O) groups excluding carboxylic acids is 1. The minimum atomic E-state index is -1.19. The van der Waals surface area contributed by atoms with Gasteiger partial charge in [0.25, 0.3) is 5.91 Å². The quantitative estimate of drug-likeness (QED) is 0.882. The van der Waals surface area contributed by atoms with Gasteiger partial charge in [0.2, 0.25) is 5.76 Å². The summed E-state index contributed by atoms with van der Waals surface area (Å²) in [5, 5.41) is 11.5. The Morgan fingerprint density at radius 3 is 2.53 bits per heavy atom. The maximum atomic E-state index is 11.8. The predicted molar refractivity (Wildman–Crippen MR) is 68.0 cm³/mol. The Bertz CT molecular complexity index is 598. The first-order chi connectivity index (χ1) is 9.08. The van der Waals surface area contributed by atoms with E-state index >= 15 is 0 Å². The highest BCUT2D eigenvalue weighted by atomic mass is 16.4. The van der Waals surface area contributed by atoms with Crippen molar-refractivity contribution in [1.29, 1.82) is 0 Å². The van der Waals surface area contributed by atoms with Crippen molar-refractivity contribution >= 4 is 11.9 Å². The van der Waals surface area contributed by atoms with Crippen molar-refractivity contribution in [2.75, 3.05) is 0 Å². The number of carbonyl (C=O) groups is 2. The van der Waals surface area contributed by atoms with Crippen LogP contribution in [0.5, 0.6) is 0 Å². The Hall–Kier alpha value is -2.56. The molecule has 0 fully saturated rings. The van der Waals surface area contributed by atoms with Crippen LogP contribution in [-0.2, 0) is 6.54 Å². The molecule has 1 amide bonds. The van der Waals surface area contributed by atoms with Crippen LogP contribution in [0.25, 0.3) is 0 Å². The lowest BCUT2D eigenvalue weighted by Gasteiger charge is -2.04. The number of hydrogen-bond acceptors (Lipinski definition) is 3. The van der Waals surface area contributed by atoms with Crippen molar-refractivity contribution in [3.63, 3.8) is 0 Å². The first-order valence-corrected chi connectivity index (χ1v) is 5.72. The number of furan rings is 1. The summed E-state index contributed by atoms with van der Waals surface area (Å²) >= 11 is 0. The van der Waals surface area contributed by atoms with E-state index in [2.05, 4.69) is 5.32 Å². The predicted octanol–water partition coefficient (Wildman–Crippen LogP) is 2.22. The molecule has 2 rings (SSSR count). The fourth-order valence-electron chi connectivity index (χ4n) is 1.62. The smallest absolute Gasteiger partial charge is 0.339 e. The van der Waals surface area contributed by atoms with E-state index in [1.807, 2.05) is 31.2 Å². The number of nitrogens with one attached hydrogen (secondary N) is 1. The van der Waals surface area contributed by atoms with Gasteiger partial charge in [-0.25, -0.2) is 4.79 Å². The number of carboxylic acid groups (broad SMARTS) is 1. The summed E-state index contributed by atoms with van der Waals surface area (Å²) in [6, 6.07) is 8.93. The molecule has 0 aliphatic carbocycles. The van der Waals surface area contributed by atoms with Gasteiger partial charge in [0.15, 0.2) is 0 Å². The SMILES string of the molecule is Cc1ccc(CNC(=O)c2occc2C(=O)O)cc1. The molecule has 2 N–H and O–H groups in total. The summed E-state index contributed by atoms with van der Waals surface area (Å²) < 4.78 is 4.90. The van der Waals surface area contributed by atoms with Crippen LogP contribution in [0.3, 0.4) is 0 Å². The standard InChI is InChI=1S/C14H13NO4/c1-9-2-4-10(5-3-9)8-15-13(16)12-11(14(17)18)6-7-19-12/h2-7H,8H2,1H3,(H,15,16)(H,17,18). The zero-order valence-corrected chi connectivity index (χ0v) is 10.3. The van der Waals surface area contributed by atoms with Crippen LogP contribution in [-0.4, -0.2) is 17.0 Å². The zero-order chi connectivity index (χ0) is 13.8. The highest BCUT2D eigenvalue weighted by molar-refractivity contribution is 6.02. The van der Waals surface area contributed by atoms with Gasteiger partial charge in [0, 0.05) is 6.54 Å². The van der Waals surface area contributed by atoms with Crippen molar-refractivity contribution in [3.05, 3.63) is 59.0 Å². The molecule has 98 valence electrons. The number of aryl methyl sites for hydroxylation is 1. The maximum Gasteiger partial charge on any atom is 0.339 e. The van der Waals surface area contributed by atoms with Gasteiger partial charge in [0.05, 0.1) is 6.26 Å². The van der Waals surface area contributed by atoms with Crippen LogP contribution in [0, 0.1) is 6.92 Å². The molecule has 5 heteroatoms. The molecule has 0 saturated carbocycles. The van der Waals surface area contributed by atoms with Gasteiger partial charge >= 0.3 is 5.97 Å². The minimum absolute atomic E-state index is 0.138. The van der Waals surface area contributed by atoms with Gasteiger partial charge in [-0.15, -0.1) is 0 Å². The average Bonchev–Trinajstić information content (AvgIpc) is 2.87. The van der Waals surface area contributed by atoms with E-state index in [0.29, 0.717) is 6.54 Å². The van der Waals surface area contributed by atoms with E-state index in [-0.39, 0.29) is 11.3 Å². The Kier molecular flexibility index (Phi) is 3.66. The van der Waals surface area contributed by atoms with Gasteiger partial charge in [0.1, 0.15) is 5.56 Å². The molecule has 0 unspecified atom stereocenters. The number of amides is 1. The lowest BCUT2D eigenvalue weighted by atomic mass is 10.1. The second kappa shape index (κ2) is 5.39. The molecule has 0 aliphatic rings. The van der Waals surface area contributed by atoms with Gasteiger partial charge in [-0.05, 0) is 18.6 Å². The summed E-state index contributed by atoms with van der Waals surface area (Å²) in [5.41, 5.74) is 1.93.